The van der Waals surface area contributed by atoms with Crippen LogP contribution in [0.15, 0.2) is 21.1 Å². The number of hydrogen-bond acceptors (Lipinski definition) is 0. The molecular weight excluding hydrogens is 268 g/mol. The van der Waals surface area contributed by atoms with Crippen LogP contribution in [0.4, 0.5) is 0 Å². The van der Waals surface area contributed by atoms with Gasteiger partial charge in [-0.2, -0.15) is 0 Å². The van der Waals surface area contributed by atoms with Crippen molar-refractivity contribution < 1.29 is 0 Å². The zero-order valence-corrected chi connectivity index (χ0v) is 10.4. The summed E-state index contributed by atoms with van der Waals surface area (Å²) in [6, 6.07) is 0. The van der Waals surface area contributed by atoms with Crippen LogP contribution in [0.25, 0.3) is 0 Å². The van der Waals surface area contributed by atoms with E-state index in [1.165, 1.54) is 5.57 Å². The summed E-state index contributed by atoms with van der Waals surface area (Å²) >= 11 is 6.64. The molecule has 0 fully saturated rings. The molecule has 0 bridgehead atoms. The van der Waals surface area contributed by atoms with Crippen molar-refractivity contribution in [2.45, 2.75) is 27.2 Å². The van der Waals surface area contributed by atoms with Crippen molar-refractivity contribution in [1.82, 2.24) is 0 Å². The van der Waals surface area contributed by atoms with E-state index in [2.05, 4.69) is 64.8 Å². The fraction of sp³-hybridized carbons (Fsp3) is 0.556. The van der Waals surface area contributed by atoms with Gasteiger partial charge in [-0.1, -0.05) is 25.5 Å². The minimum absolute atomic E-state index is 0.743. The number of halogens is 2. The summed E-state index contributed by atoms with van der Waals surface area (Å²) in [5, 5.41) is 0. The number of allylic oxidation sites excluding steroid dienone is 3. The van der Waals surface area contributed by atoms with Gasteiger partial charge >= 0.3 is 0 Å². The maximum Gasteiger partial charge on any atom is 0.0606 e. The van der Waals surface area contributed by atoms with Crippen LogP contribution in [0, 0.1) is 5.92 Å². The Hall–Kier alpha value is 0.440. The first-order valence-corrected chi connectivity index (χ1v) is 5.30. The second-order valence-corrected chi connectivity index (χ2v) is 5.78. The van der Waals surface area contributed by atoms with E-state index in [1.54, 1.807) is 0 Å². The highest BCUT2D eigenvalue weighted by Gasteiger charge is 1.90. The zero-order chi connectivity index (χ0) is 8.85. The Kier molecular flexibility index (Phi) is 6.25. The van der Waals surface area contributed by atoms with Gasteiger partial charge in [0.15, 0.2) is 0 Å². The van der Waals surface area contributed by atoms with Crippen LogP contribution in [0.1, 0.15) is 27.2 Å². The largest absolute Gasteiger partial charge is 0.0813 e. The SMILES string of the molecule is C/C(C=C(Br)Br)=C\CC(C)C. The lowest BCUT2D eigenvalue weighted by Gasteiger charge is -1.98. The Morgan fingerprint density at radius 2 is 1.91 bits per heavy atom. The van der Waals surface area contributed by atoms with Crippen molar-refractivity contribution >= 4 is 31.9 Å². The summed E-state index contributed by atoms with van der Waals surface area (Å²) in [5.74, 6) is 0.743. The first kappa shape index (κ1) is 11.4. The molecule has 0 rings (SSSR count). The molecule has 0 aromatic carbocycles. The minimum Gasteiger partial charge on any atom is -0.0813 e. The van der Waals surface area contributed by atoms with Gasteiger partial charge in [-0.15, -0.1) is 0 Å². The Balaban J connectivity index is 3.92. The van der Waals surface area contributed by atoms with Crippen LogP contribution in [0.3, 0.4) is 0 Å². The molecule has 0 aromatic heterocycles. The van der Waals surface area contributed by atoms with E-state index >= 15 is 0 Å². The average Bonchev–Trinajstić information content (AvgIpc) is 1.82. The molecule has 0 atom stereocenters. The molecule has 0 saturated carbocycles. The quantitative estimate of drug-likeness (QED) is 0.663. The lowest BCUT2D eigenvalue weighted by molar-refractivity contribution is 0.662. The van der Waals surface area contributed by atoms with E-state index < -0.39 is 0 Å². The first-order valence-electron chi connectivity index (χ1n) is 3.72. The summed E-state index contributed by atoms with van der Waals surface area (Å²) in [6.07, 6.45) is 5.45. The predicted octanol–water partition coefficient (Wildman–Crippen LogP) is 4.61. The van der Waals surface area contributed by atoms with Crippen molar-refractivity contribution in [3.05, 3.63) is 21.1 Å². The summed E-state index contributed by atoms with van der Waals surface area (Å²) in [4.78, 5) is 0. The van der Waals surface area contributed by atoms with Crippen LogP contribution >= 0.6 is 31.9 Å². The summed E-state index contributed by atoms with van der Waals surface area (Å²) in [6.45, 7) is 6.54. The van der Waals surface area contributed by atoms with Gasteiger partial charge in [0.2, 0.25) is 0 Å². The van der Waals surface area contributed by atoms with Gasteiger partial charge in [0.1, 0.15) is 0 Å². The Labute approximate surface area is 86.0 Å². The van der Waals surface area contributed by atoms with Crippen LogP contribution in [0.2, 0.25) is 0 Å². The molecule has 0 aliphatic rings. The second-order valence-electron chi connectivity index (χ2n) is 3.01. The highest BCUT2D eigenvalue weighted by atomic mass is 79.9. The van der Waals surface area contributed by atoms with E-state index in [1.807, 2.05) is 0 Å². The Morgan fingerprint density at radius 3 is 2.27 bits per heavy atom. The molecule has 0 saturated heterocycles. The van der Waals surface area contributed by atoms with Gasteiger partial charge in [0.25, 0.3) is 0 Å². The molecule has 0 amide bonds. The van der Waals surface area contributed by atoms with Gasteiger partial charge in [-0.3, -0.25) is 0 Å². The Morgan fingerprint density at radius 1 is 1.36 bits per heavy atom. The van der Waals surface area contributed by atoms with E-state index in [0.29, 0.717) is 0 Å². The molecule has 64 valence electrons. The summed E-state index contributed by atoms with van der Waals surface area (Å²) in [5.41, 5.74) is 1.29. The molecule has 0 radical (unpaired) electrons. The molecule has 0 heterocycles. The van der Waals surface area contributed by atoms with Crippen LogP contribution < -0.4 is 0 Å². The van der Waals surface area contributed by atoms with E-state index in [9.17, 15) is 0 Å². The highest BCUT2D eigenvalue weighted by molar-refractivity contribution is 9.28. The number of hydrogen-bond donors (Lipinski definition) is 0. The molecule has 0 nitrogen and oxygen atoms in total. The molecule has 0 aliphatic heterocycles. The van der Waals surface area contributed by atoms with Gasteiger partial charge in [-0.25, -0.2) is 0 Å². The van der Waals surface area contributed by atoms with Crippen molar-refractivity contribution in [1.29, 1.82) is 0 Å². The fourth-order valence-electron chi connectivity index (χ4n) is 0.653. The first-order chi connectivity index (χ1) is 5.02. The topological polar surface area (TPSA) is 0 Å². The average molecular weight is 282 g/mol. The van der Waals surface area contributed by atoms with Gasteiger partial charge in [-0.05, 0) is 57.2 Å². The minimum atomic E-state index is 0.743. The van der Waals surface area contributed by atoms with Crippen LogP contribution in [-0.2, 0) is 0 Å². The molecule has 0 N–H and O–H groups in total. The van der Waals surface area contributed by atoms with Crippen molar-refractivity contribution in [2.24, 2.45) is 5.92 Å². The van der Waals surface area contributed by atoms with E-state index in [4.69, 9.17) is 0 Å². The molecular formula is C9H14Br2. The third kappa shape index (κ3) is 8.35. The van der Waals surface area contributed by atoms with E-state index in [-0.39, 0.29) is 0 Å². The monoisotopic (exact) mass is 280 g/mol. The summed E-state index contributed by atoms with van der Waals surface area (Å²) in [7, 11) is 0. The normalized spacial score (nSPS) is 12.0. The summed E-state index contributed by atoms with van der Waals surface area (Å²) < 4.78 is 1.00. The second kappa shape index (κ2) is 6.01. The van der Waals surface area contributed by atoms with Crippen molar-refractivity contribution in [2.75, 3.05) is 0 Å². The van der Waals surface area contributed by atoms with Crippen molar-refractivity contribution in [3.63, 3.8) is 0 Å². The molecule has 0 unspecified atom stereocenters. The maximum atomic E-state index is 3.32. The molecule has 0 aromatic rings. The zero-order valence-electron chi connectivity index (χ0n) is 7.20. The Bertz CT molecular complexity index is 162. The maximum absolute atomic E-state index is 3.32. The smallest absolute Gasteiger partial charge is 0.0606 e. The molecule has 0 aliphatic carbocycles. The highest BCUT2D eigenvalue weighted by Crippen LogP contribution is 2.16. The third-order valence-corrected chi connectivity index (χ3v) is 1.71. The number of rotatable bonds is 3. The lowest BCUT2D eigenvalue weighted by Crippen LogP contribution is -1.82. The van der Waals surface area contributed by atoms with E-state index in [0.717, 1.165) is 15.7 Å². The predicted molar refractivity (Wildman–Crippen MR) is 59.1 cm³/mol. The molecule has 11 heavy (non-hydrogen) atoms. The standard InChI is InChI=1S/C9H14Br2/c1-7(2)4-5-8(3)6-9(10)11/h5-7H,4H2,1-3H3/b8-5+. The van der Waals surface area contributed by atoms with Crippen molar-refractivity contribution in [3.8, 4) is 0 Å². The molecule has 2 heteroatoms. The van der Waals surface area contributed by atoms with Gasteiger partial charge in [0, 0.05) is 0 Å². The van der Waals surface area contributed by atoms with Gasteiger partial charge in [0.05, 0.1) is 3.39 Å². The van der Waals surface area contributed by atoms with Crippen LogP contribution in [0.5, 0.6) is 0 Å². The fourth-order valence-corrected chi connectivity index (χ4v) is 1.37. The van der Waals surface area contributed by atoms with Gasteiger partial charge < -0.3 is 0 Å². The lowest BCUT2D eigenvalue weighted by atomic mass is 10.1. The third-order valence-electron chi connectivity index (χ3n) is 1.25. The van der Waals surface area contributed by atoms with Crippen LogP contribution in [-0.4, -0.2) is 0 Å². The molecule has 0 spiro atoms.